The van der Waals surface area contributed by atoms with Gasteiger partial charge in [-0.05, 0) is 93.9 Å². The van der Waals surface area contributed by atoms with Crippen LogP contribution in [0.4, 0.5) is 5.69 Å². The van der Waals surface area contributed by atoms with Crippen LogP contribution in [0.15, 0.2) is 18.2 Å². The van der Waals surface area contributed by atoms with E-state index >= 15 is 0 Å². The van der Waals surface area contributed by atoms with E-state index in [0.717, 1.165) is 74.4 Å². The maximum absolute atomic E-state index is 13.4. The molecule has 36 heavy (non-hydrogen) atoms. The third kappa shape index (κ3) is 4.31. The fourth-order valence-electron chi connectivity index (χ4n) is 6.62. The van der Waals surface area contributed by atoms with Crippen molar-refractivity contribution < 1.29 is 18.3 Å². The number of aliphatic hydroxyl groups is 1. The highest BCUT2D eigenvalue weighted by Crippen LogP contribution is 2.49. The maximum Gasteiger partial charge on any atom is 0.256 e. The van der Waals surface area contributed by atoms with Gasteiger partial charge in [-0.1, -0.05) is 0 Å². The van der Waals surface area contributed by atoms with Crippen molar-refractivity contribution in [2.75, 3.05) is 17.5 Å². The van der Waals surface area contributed by atoms with Gasteiger partial charge in [-0.25, -0.2) is 8.42 Å². The van der Waals surface area contributed by atoms with E-state index in [1.54, 1.807) is 11.2 Å². The first-order chi connectivity index (χ1) is 17.0. The lowest BCUT2D eigenvalue weighted by Crippen LogP contribution is -2.49. The first-order valence-corrected chi connectivity index (χ1v) is 15.1. The molecular formula is C26H37N5O4S. The Morgan fingerprint density at radius 3 is 2.44 bits per heavy atom. The van der Waals surface area contributed by atoms with Gasteiger partial charge in [0.15, 0.2) is 0 Å². The van der Waals surface area contributed by atoms with Crippen molar-refractivity contribution in [1.82, 2.24) is 15.0 Å². The van der Waals surface area contributed by atoms with Crippen LogP contribution in [0.3, 0.4) is 0 Å². The predicted molar refractivity (Wildman–Crippen MR) is 138 cm³/mol. The molecule has 0 spiro atoms. The molecule has 3 fully saturated rings. The Bertz CT molecular complexity index is 1210. The molecule has 2 heterocycles. The highest BCUT2D eigenvalue weighted by molar-refractivity contribution is 7.92. The lowest BCUT2D eigenvalue weighted by Gasteiger charge is -2.41. The van der Waals surface area contributed by atoms with Gasteiger partial charge in [-0.2, -0.15) is 5.12 Å². The van der Waals surface area contributed by atoms with Crippen LogP contribution in [0, 0.1) is 11.8 Å². The summed E-state index contributed by atoms with van der Waals surface area (Å²) in [6.45, 7) is 3.14. The predicted octanol–water partition coefficient (Wildman–Crippen LogP) is 2.64. The van der Waals surface area contributed by atoms with Gasteiger partial charge in [0.05, 0.1) is 35.3 Å². The standard InChI is InChI=1S/C26H37N5O4S/c1-16(17-3-4-17)29-15-19-13-18(14-22(24(19)25(29)32)28-36(2,34)35)23-9-12-30(27)31(23)21-7-5-20(6-8-21)26(33)10-11-26/h9,13-14,16-17,20-21,28,33H,3-8,10-12,15,27H2,1-2H3/t16?,20-,21-. The summed E-state index contributed by atoms with van der Waals surface area (Å²) in [5.74, 6) is 7.22. The van der Waals surface area contributed by atoms with Gasteiger partial charge < -0.3 is 10.0 Å². The molecule has 1 amide bonds. The maximum atomic E-state index is 13.4. The fourth-order valence-corrected chi connectivity index (χ4v) is 7.18. The molecule has 3 saturated carbocycles. The molecule has 196 valence electrons. The fraction of sp³-hybridized carbons (Fsp3) is 0.654. The Morgan fingerprint density at radius 1 is 1.14 bits per heavy atom. The van der Waals surface area contributed by atoms with Crippen LogP contribution in [-0.2, 0) is 16.6 Å². The number of sulfonamides is 1. The number of nitrogens with one attached hydrogen (secondary N) is 1. The average molecular weight is 516 g/mol. The van der Waals surface area contributed by atoms with Crippen LogP contribution in [-0.4, -0.2) is 64.9 Å². The van der Waals surface area contributed by atoms with E-state index in [2.05, 4.69) is 22.7 Å². The molecule has 0 aromatic heterocycles. The van der Waals surface area contributed by atoms with Gasteiger partial charge in [-0.3, -0.25) is 20.4 Å². The van der Waals surface area contributed by atoms with E-state index in [1.165, 1.54) is 0 Å². The second-order valence-corrected chi connectivity index (χ2v) is 13.4. The van der Waals surface area contributed by atoms with Crippen LogP contribution < -0.4 is 10.6 Å². The molecule has 1 aromatic carbocycles. The number of anilines is 1. The summed E-state index contributed by atoms with van der Waals surface area (Å²) in [7, 11) is -3.58. The Morgan fingerprint density at radius 2 is 1.83 bits per heavy atom. The third-order valence-electron chi connectivity index (χ3n) is 8.98. The van der Waals surface area contributed by atoms with Crippen molar-refractivity contribution in [3.8, 4) is 0 Å². The van der Waals surface area contributed by atoms with Crippen molar-refractivity contribution in [3.63, 3.8) is 0 Å². The molecule has 5 aliphatic rings. The summed E-state index contributed by atoms with van der Waals surface area (Å²) in [5, 5.41) is 14.4. The number of nitrogens with zero attached hydrogens (tertiary/aromatic N) is 3. The van der Waals surface area contributed by atoms with Crippen LogP contribution >= 0.6 is 0 Å². The van der Waals surface area contributed by atoms with E-state index in [4.69, 9.17) is 5.84 Å². The summed E-state index contributed by atoms with van der Waals surface area (Å²) in [6.07, 6.45) is 11.1. The van der Waals surface area contributed by atoms with Crippen LogP contribution in [0.1, 0.15) is 79.8 Å². The van der Waals surface area contributed by atoms with Crippen molar-refractivity contribution >= 4 is 27.3 Å². The molecule has 4 N–H and O–H groups in total. The van der Waals surface area contributed by atoms with Gasteiger partial charge in [0.25, 0.3) is 5.91 Å². The zero-order valence-electron chi connectivity index (χ0n) is 21.1. The zero-order chi connectivity index (χ0) is 25.4. The number of benzene rings is 1. The van der Waals surface area contributed by atoms with Crippen LogP contribution in [0.2, 0.25) is 0 Å². The van der Waals surface area contributed by atoms with Gasteiger partial charge in [0, 0.05) is 24.2 Å². The summed E-state index contributed by atoms with van der Waals surface area (Å²) in [4.78, 5) is 15.3. The Balaban J connectivity index is 1.31. The quantitative estimate of drug-likeness (QED) is 0.478. The van der Waals surface area contributed by atoms with Crippen LogP contribution in [0.5, 0.6) is 0 Å². The van der Waals surface area contributed by atoms with Gasteiger partial charge in [0.2, 0.25) is 10.0 Å². The van der Waals surface area contributed by atoms with Crippen molar-refractivity contribution in [2.24, 2.45) is 17.7 Å². The number of hydrogen-bond acceptors (Lipinski definition) is 7. The molecule has 3 aliphatic carbocycles. The van der Waals surface area contributed by atoms with E-state index in [0.29, 0.717) is 36.2 Å². The number of carbonyl (C=O) groups is 1. The molecule has 9 nitrogen and oxygen atoms in total. The van der Waals surface area contributed by atoms with Gasteiger partial charge in [-0.15, -0.1) is 0 Å². The number of hydrazine groups is 2. The Hall–Kier alpha value is -2.14. The average Bonchev–Trinajstić information content (AvgIpc) is 3.73. The Kier molecular flexibility index (Phi) is 5.68. The molecule has 6 rings (SSSR count). The molecule has 0 bridgehead atoms. The van der Waals surface area contributed by atoms with Crippen LogP contribution in [0.25, 0.3) is 5.70 Å². The smallest absolute Gasteiger partial charge is 0.256 e. The van der Waals surface area contributed by atoms with Crippen molar-refractivity contribution in [2.45, 2.75) is 82.5 Å². The molecule has 2 aliphatic heterocycles. The molecule has 1 aromatic rings. The lowest BCUT2D eigenvalue weighted by atomic mass is 9.81. The molecule has 0 radical (unpaired) electrons. The minimum Gasteiger partial charge on any atom is -0.390 e. The topological polar surface area (TPSA) is 119 Å². The SMILES string of the molecule is CC(C1CC1)N1Cc2cc(C3=CCN(N)N3[C@H]3CC[C@H](C4(O)CC4)CC3)cc(NS(C)(=O)=O)c2C1=O. The third-order valence-corrected chi connectivity index (χ3v) is 9.57. The number of nitrogens with two attached hydrogens (primary N) is 1. The summed E-state index contributed by atoms with van der Waals surface area (Å²) in [6, 6.07) is 4.18. The number of carbonyl (C=O) groups excluding carboxylic acids is 1. The summed E-state index contributed by atoms with van der Waals surface area (Å²) < 4.78 is 27.1. The first kappa shape index (κ1) is 24.2. The minimum absolute atomic E-state index is 0.101. The second-order valence-electron chi connectivity index (χ2n) is 11.6. The Labute approximate surface area is 213 Å². The minimum atomic E-state index is -3.58. The monoisotopic (exact) mass is 515 g/mol. The van der Waals surface area contributed by atoms with E-state index < -0.39 is 15.6 Å². The summed E-state index contributed by atoms with van der Waals surface area (Å²) >= 11 is 0. The van der Waals surface area contributed by atoms with E-state index in [-0.39, 0.29) is 18.0 Å². The highest BCUT2D eigenvalue weighted by atomic mass is 32.2. The lowest BCUT2D eigenvalue weighted by molar-refractivity contribution is -0.0170. The molecule has 1 atom stereocenters. The van der Waals surface area contributed by atoms with Gasteiger partial charge in [0.1, 0.15) is 0 Å². The van der Waals surface area contributed by atoms with Gasteiger partial charge >= 0.3 is 0 Å². The number of fused-ring (bicyclic) bond motifs is 1. The van der Waals surface area contributed by atoms with Crippen molar-refractivity contribution in [3.05, 3.63) is 34.9 Å². The molecule has 10 heteroatoms. The molecular weight excluding hydrogens is 478 g/mol. The molecule has 1 unspecified atom stereocenters. The largest absolute Gasteiger partial charge is 0.390 e. The second kappa shape index (κ2) is 8.44. The van der Waals surface area contributed by atoms with E-state index in [1.807, 2.05) is 11.0 Å². The number of hydrogen-bond donors (Lipinski definition) is 3. The number of rotatable bonds is 7. The normalized spacial score (nSPS) is 28.8. The van der Waals surface area contributed by atoms with Crippen molar-refractivity contribution in [1.29, 1.82) is 0 Å². The van der Waals surface area contributed by atoms with E-state index in [9.17, 15) is 18.3 Å². The molecule has 0 saturated heterocycles. The first-order valence-electron chi connectivity index (χ1n) is 13.2. The highest BCUT2D eigenvalue weighted by Gasteiger charge is 2.49. The zero-order valence-corrected chi connectivity index (χ0v) is 21.9. The summed E-state index contributed by atoms with van der Waals surface area (Å²) in [5.41, 5.74) is 3.03. The number of amides is 1.